The van der Waals surface area contributed by atoms with Gasteiger partial charge >= 0.3 is 5.97 Å². The van der Waals surface area contributed by atoms with Crippen molar-refractivity contribution in [2.75, 3.05) is 6.54 Å². The molecule has 0 aliphatic carbocycles. The highest BCUT2D eigenvalue weighted by Crippen LogP contribution is 2.24. The molecule has 1 aromatic carbocycles. The topological polar surface area (TPSA) is 92.2 Å². The normalized spacial score (nSPS) is 10.5. The Hall–Kier alpha value is -3.28. The quantitative estimate of drug-likeness (QED) is 0.753. The molecule has 6 nitrogen and oxygen atoms in total. The van der Waals surface area contributed by atoms with Gasteiger partial charge in [-0.05, 0) is 24.3 Å². The molecular formula is C18H15N3O3. The number of aliphatic carboxylic acids is 1. The molecule has 3 aromatic rings. The van der Waals surface area contributed by atoms with Gasteiger partial charge < -0.3 is 10.4 Å². The lowest BCUT2D eigenvalue weighted by Gasteiger charge is -2.10. The molecule has 0 fully saturated rings. The Labute approximate surface area is 138 Å². The Morgan fingerprint density at radius 3 is 2.58 bits per heavy atom. The van der Waals surface area contributed by atoms with Crippen LogP contribution in [-0.4, -0.2) is 33.5 Å². The number of nitrogens with one attached hydrogen (secondary N) is 1. The van der Waals surface area contributed by atoms with E-state index in [-0.39, 0.29) is 18.9 Å². The molecule has 0 spiro atoms. The van der Waals surface area contributed by atoms with Crippen LogP contribution in [0.25, 0.3) is 22.2 Å². The highest BCUT2D eigenvalue weighted by Gasteiger charge is 2.14. The largest absolute Gasteiger partial charge is 0.481 e. The molecule has 0 saturated carbocycles. The second-order valence-corrected chi connectivity index (χ2v) is 5.21. The summed E-state index contributed by atoms with van der Waals surface area (Å²) in [6, 6.07) is 12.7. The summed E-state index contributed by atoms with van der Waals surface area (Å²) in [6.45, 7) is 0.0788. The molecule has 1 amide bonds. The van der Waals surface area contributed by atoms with E-state index in [1.807, 2.05) is 36.4 Å². The van der Waals surface area contributed by atoms with E-state index in [1.54, 1.807) is 18.5 Å². The number of carbonyl (C=O) groups is 2. The van der Waals surface area contributed by atoms with Crippen LogP contribution in [0.1, 0.15) is 16.8 Å². The summed E-state index contributed by atoms with van der Waals surface area (Å²) in [7, 11) is 0. The summed E-state index contributed by atoms with van der Waals surface area (Å²) in [6.07, 6.45) is 3.21. The molecule has 0 bridgehead atoms. The molecule has 120 valence electrons. The lowest BCUT2D eigenvalue weighted by atomic mass is 10.0. The van der Waals surface area contributed by atoms with E-state index < -0.39 is 5.97 Å². The molecule has 2 aromatic heterocycles. The standard InChI is InChI=1S/C18H15N3O3/c22-17(23)7-10-20-18(24)14-11-16(12-5-8-19-9-6-12)21-15-4-2-1-3-13(14)15/h1-6,8-9,11H,7,10H2,(H,20,24)(H,22,23). The fourth-order valence-corrected chi connectivity index (χ4v) is 2.41. The van der Waals surface area contributed by atoms with Crippen molar-refractivity contribution < 1.29 is 14.7 Å². The van der Waals surface area contributed by atoms with Gasteiger partial charge in [0.25, 0.3) is 5.91 Å². The van der Waals surface area contributed by atoms with Crippen molar-refractivity contribution >= 4 is 22.8 Å². The number of hydrogen-bond donors (Lipinski definition) is 2. The zero-order valence-electron chi connectivity index (χ0n) is 12.8. The Kier molecular flexibility index (Phi) is 4.47. The number of aromatic nitrogens is 2. The van der Waals surface area contributed by atoms with Gasteiger partial charge in [-0.1, -0.05) is 18.2 Å². The first-order valence-electron chi connectivity index (χ1n) is 7.45. The summed E-state index contributed by atoms with van der Waals surface area (Å²) in [4.78, 5) is 31.7. The zero-order chi connectivity index (χ0) is 16.9. The van der Waals surface area contributed by atoms with E-state index in [9.17, 15) is 9.59 Å². The van der Waals surface area contributed by atoms with Gasteiger partial charge in [-0.3, -0.25) is 14.6 Å². The van der Waals surface area contributed by atoms with E-state index in [4.69, 9.17) is 5.11 Å². The zero-order valence-corrected chi connectivity index (χ0v) is 12.8. The van der Waals surface area contributed by atoms with Crippen molar-refractivity contribution in [2.45, 2.75) is 6.42 Å². The van der Waals surface area contributed by atoms with Gasteiger partial charge in [0.15, 0.2) is 0 Å². The van der Waals surface area contributed by atoms with Crippen LogP contribution < -0.4 is 5.32 Å². The maximum absolute atomic E-state index is 12.5. The van der Waals surface area contributed by atoms with Gasteiger partial charge in [-0.15, -0.1) is 0 Å². The van der Waals surface area contributed by atoms with Crippen LogP contribution in [0.4, 0.5) is 0 Å². The predicted molar refractivity (Wildman–Crippen MR) is 89.6 cm³/mol. The number of nitrogens with zero attached hydrogens (tertiary/aromatic N) is 2. The summed E-state index contributed by atoms with van der Waals surface area (Å²) >= 11 is 0. The summed E-state index contributed by atoms with van der Waals surface area (Å²) in [5.74, 6) is -1.27. The summed E-state index contributed by atoms with van der Waals surface area (Å²) in [5.41, 5.74) is 2.70. The number of carboxylic acid groups (broad SMARTS) is 1. The second kappa shape index (κ2) is 6.87. The van der Waals surface area contributed by atoms with Crippen LogP contribution in [-0.2, 0) is 4.79 Å². The summed E-state index contributed by atoms with van der Waals surface area (Å²) in [5, 5.41) is 12.1. The first-order valence-corrected chi connectivity index (χ1v) is 7.45. The number of hydrogen-bond acceptors (Lipinski definition) is 4. The third-order valence-corrected chi connectivity index (χ3v) is 3.56. The van der Waals surface area contributed by atoms with Gasteiger partial charge in [0, 0.05) is 29.9 Å². The number of amides is 1. The minimum Gasteiger partial charge on any atom is -0.481 e. The van der Waals surface area contributed by atoms with E-state index in [0.29, 0.717) is 16.8 Å². The van der Waals surface area contributed by atoms with Crippen molar-refractivity contribution in [1.82, 2.24) is 15.3 Å². The lowest BCUT2D eigenvalue weighted by Crippen LogP contribution is -2.26. The highest BCUT2D eigenvalue weighted by molar-refractivity contribution is 6.07. The number of benzene rings is 1. The third kappa shape index (κ3) is 3.38. The molecular weight excluding hydrogens is 306 g/mol. The molecule has 3 rings (SSSR count). The molecule has 2 N–H and O–H groups in total. The monoisotopic (exact) mass is 321 g/mol. The summed E-state index contributed by atoms with van der Waals surface area (Å²) < 4.78 is 0. The Morgan fingerprint density at radius 1 is 1.08 bits per heavy atom. The SMILES string of the molecule is O=C(O)CCNC(=O)c1cc(-c2ccncc2)nc2ccccc12. The highest BCUT2D eigenvalue weighted by atomic mass is 16.4. The maximum atomic E-state index is 12.5. The molecule has 6 heteroatoms. The van der Waals surface area contributed by atoms with Crippen molar-refractivity contribution in [3.05, 3.63) is 60.4 Å². The van der Waals surface area contributed by atoms with Crippen molar-refractivity contribution in [3.63, 3.8) is 0 Å². The van der Waals surface area contributed by atoms with Gasteiger partial charge in [-0.2, -0.15) is 0 Å². The average molecular weight is 321 g/mol. The lowest BCUT2D eigenvalue weighted by molar-refractivity contribution is -0.136. The smallest absolute Gasteiger partial charge is 0.305 e. The number of rotatable bonds is 5. The maximum Gasteiger partial charge on any atom is 0.305 e. The van der Waals surface area contributed by atoms with Gasteiger partial charge in [0.2, 0.25) is 0 Å². The van der Waals surface area contributed by atoms with Crippen LogP contribution in [0.3, 0.4) is 0 Å². The van der Waals surface area contributed by atoms with Crippen LogP contribution >= 0.6 is 0 Å². The number of carboxylic acids is 1. The van der Waals surface area contributed by atoms with E-state index in [1.165, 1.54) is 0 Å². The van der Waals surface area contributed by atoms with Gasteiger partial charge in [0.05, 0.1) is 23.2 Å². The first-order chi connectivity index (χ1) is 11.6. The molecule has 0 aliphatic heterocycles. The van der Waals surface area contributed by atoms with Gasteiger partial charge in [-0.25, -0.2) is 4.98 Å². The van der Waals surface area contributed by atoms with Gasteiger partial charge in [0.1, 0.15) is 0 Å². The Morgan fingerprint density at radius 2 is 1.83 bits per heavy atom. The van der Waals surface area contributed by atoms with E-state index >= 15 is 0 Å². The molecule has 24 heavy (non-hydrogen) atoms. The average Bonchev–Trinajstić information content (AvgIpc) is 2.61. The molecule has 0 radical (unpaired) electrons. The number of carbonyl (C=O) groups excluding carboxylic acids is 1. The fourth-order valence-electron chi connectivity index (χ4n) is 2.41. The Bertz CT molecular complexity index is 894. The van der Waals surface area contributed by atoms with Crippen molar-refractivity contribution in [2.24, 2.45) is 0 Å². The van der Waals surface area contributed by atoms with Crippen LogP contribution in [0, 0.1) is 0 Å². The van der Waals surface area contributed by atoms with Crippen LogP contribution in [0.2, 0.25) is 0 Å². The number of para-hydroxylation sites is 1. The predicted octanol–water partition coefficient (Wildman–Crippen LogP) is 2.50. The molecule has 0 atom stereocenters. The van der Waals surface area contributed by atoms with E-state index in [2.05, 4.69) is 15.3 Å². The molecule has 2 heterocycles. The number of pyridine rings is 2. The first kappa shape index (κ1) is 15.6. The number of fused-ring (bicyclic) bond motifs is 1. The minimum absolute atomic E-state index is 0.0788. The van der Waals surface area contributed by atoms with Crippen LogP contribution in [0.5, 0.6) is 0 Å². The van der Waals surface area contributed by atoms with Crippen molar-refractivity contribution in [3.8, 4) is 11.3 Å². The fraction of sp³-hybridized carbons (Fsp3) is 0.111. The van der Waals surface area contributed by atoms with Crippen LogP contribution in [0.15, 0.2) is 54.9 Å². The second-order valence-electron chi connectivity index (χ2n) is 5.21. The Balaban J connectivity index is 2.02. The van der Waals surface area contributed by atoms with Crippen molar-refractivity contribution in [1.29, 1.82) is 0 Å². The molecule has 0 saturated heterocycles. The minimum atomic E-state index is -0.952. The third-order valence-electron chi connectivity index (χ3n) is 3.56. The van der Waals surface area contributed by atoms with E-state index in [0.717, 1.165) is 10.9 Å². The molecule has 0 aliphatic rings. The molecule has 0 unspecified atom stereocenters.